The van der Waals surface area contributed by atoms with Crippen LogP contribution in [0.2, 0.25) is 0 Å². The van der Waals surface area contributed by atoms with Crippen molar-refractivity contribution in [3.63, 3.8) is 0 Å². The summed E-state index contributed by atoms with van der Waals surface area (Å²) in [7, 11) is 1.36. The van der Waals surface area contributed by atoms with Gasteiger partial charge in [-0.25, -0.2) is 4.99 Å². The summed E-state index contributed by atoms with van der Waals surface area (Å²) in [5.41, 5.74) is 0.713. The molecule has 0 aromatic rings. The molecule has 1 aliphatic carbocycles. The third kappa shape index (κ3) is 8.64. The second kappa shape index (κ2) is 11.0. The summed E-state index contributed by atoms with van der Waals surface area (Å²) in [6.07, 6.45) is -0.372. The zero-order valence-corrected chi connectivity index (χ0v) is 16.1. The number of alkyl halides is 3. The molecule has 1 fully saturated rings. The van der Waals surface area contributed by atoms with Gasteiger partial charge in [0.05, 0.1) is 5.92 Å². The molecule has 1 rings (SSSR count). The third-order valence-electron chi connectivity index (χ3n) is 5.07. The van der Waals surface area contributed by atoms with Crippen LogP contribution in [0, 0.1) is 17.8 Å². The molecule has 0 bridgehead atoms. The molecular weight excluding hydrogens is 345 g/mol. The van der Waals surface area contributed by atoms with Crippen LogP contribution in [0.3, 0.4) is 0 Å². The van der Waals surface area contributed by atoms with Crippen molar-refractivity contribution >= 4 is 5.71 Å². The fraction of sp³-hybridized carbons (Fsp3) is 0.842. The maximum atomic E-state index is 13.2. The van der Waals surface area contributed by atoms with Crippen LogP contribution < -0.4 is 5.32 Å². The van der Waals surface area contributed by atoms with Gasteiger partial charge < -0.3 is 15.2 Å². The van der Waals surface area contributed by atoms with Crippen LogP contribution in [0.5, 0.6) is 0 Å². The molecule has 0 radical (unpaired) electrons. The lowest BCUT2D eigenvalue weighted by Gasteiger charge is -2.32. The van der Waals surface area contributed by atoms with E-state index in [2.05, 4.69) is 23.8 Å². The molecule has 0 amide bonds. The number of nitrogens with one attached hydrogen (secondary N) is 1. The minimum atomic E-state index is -4.13. The number of hydrogen-bond donors (Lipinski definition) is 2. The molecule has 0 heterocycles. The van der Waals surface area contributed by atoms with Gasteiger partial charge >= 0.3 is 6.18 Å². The summed E-state index contributed by atoms with van der Waals surface area (Å²) in [4.78, 5) is 3.99. The van der Waals surface area contributed by atoms with E-state index in [-0.39, 0.29) is 24.8 Å². The Morgan fingerprint density at radius 2 is 2.08 bits per heavy atom. The highest BCUT2D eigenvalue weighted by Crippen LogP contribution is 2.37. The zero-order chi connectivity index (χ0) is 19.7. The van der Waals surface area contributed by atoms with E-state index in [9.17, 15) is 18.3 Å². The molecule has 0 spiro atoms. The van der Waals surface area contributed by atoms with Crippen molar-refractivity contribution in [2.75, 3.05) is 13.7 Å². The van der Waals surface area contributed by atoms with Crippen molar-refractivity contribution in [2.24, 2.45) is 22.7 Å². The largest absolute Gasteiger partial charge is 0.391 e. The Morgan fingerprint density at radius 1 is 1.38 bits per heavy atom. The molecule has 4 nitrogen and oxygen atoms in total. The Balaban J connectivity index is 2.64. The average molecular weight is 378 g/mol. The molecule has 0 saturated heterocycles. The number of rotatable bonds is 8. The Morgan fingerprint density at radius 3 is 2.65 bits per heavy atom. The number of ether oxygens (including phenoxy) is 1. The number of hydrogen-bond acceptors (Lipinski definition) is 4. The van der Waals surface area contributed by atoms with Crippen LogP contribution >= 0.6 is 0 Å². The fourth-order valence-electron chi connectivity index (χ4n) is 3.57. The number of halogens is 3. The van der Waals surface area contributed by atoms with Crippen LogP contribution in [0.4, 0.5) is 13.2 Å². The van der Waals surface area contributed by atoms with Crippen molar-refractivity contribution in [1.29, 1.82) is 0 Å². The third-order valence-corrected chi connectivity index (χ3v) is 5.07. The van der Waals surface area contributed by atoms with Gasteiger partial charge in [0.25, 0.3) is 6.41 Å². The lowest BCUT2D eigenvalue weighted by Crippen LogP contribution is -2.40. The van der Waals surface area contributed by atoms with Gasteiger partial charge in [-0.2, -0.15) is 13.2 Å². The minimum absolute atomic E-state index is 0.0351. The van der Waals surface area contributed by atoms with E-state index in [0.29, 0.717) is 31.0 Å². The standard InChI is InChI=1S/C19H33F3N2O2/c1-5-15(10-14(3)24-18(25)26-4)12-23-17-9-13(2)7-6-8-16(11-17)19(20,21)22/h5,13,15-18,23,25H,1,6-12H2,2-4H3/t13-,15?,16-,17?,18?/m1/s1. The molecule has 26 heavy (non-hydrogen) atoms. The van der Waals surface area contributed by atoms with Gasteiger partial charge in [-0.3, -0.25) is 0 Å². The molecule has 0 aromatic carbocycles. The maximum Gasteiger partial charge on any atom is 0.391 e. The summed E-state index contributed by atoms with van der Waals surface area (Å²) >= 11 is 0. The first-order valence-corrected chi connectivity index (χ1v) is 9.32. The van der Waals surface area contributed by atoms with Crippen LogP contribution in [0.1, 0.15) is 52.4 Å². The van der Waals surface area contributed by atoms with Gasteiger partial charge in [-0.05, 0) is 44.4 Å². The zero-order valence-electron chi connectivity index (χ0n) is 16.1. The van der Waals surface area contributed by atoms with Crippen LogP contribution in [-0.4, -0.2) is 43.1 Å². The molecule has 152 valence electrons. The maximum absolute atomic E-state index is 13.2. The highest BCUT2D eigenvalue weighted by atomic mass is 19.4. The number of aliphatic imine (C=N–C) groups is 1. The normalized spacial score (nSPS) is 28.1. The van der Waals surface area contributed by atoms with E-state index >= 15 is 0 Å². The Kier molecular flexibility index (Phi) is 9.82. The lowest BCUT2D eigenvalue weighted by molar-refractivity contribution is -0.181. The molecule has 1 saturated carbocycles. The van der Waals surface area contributed by atoms with Gasteiger partial charge in [-0.15, -0.1) is 6.58 Å². The summed E-state index contributed by atoms with van der Waals surface area (Å²) in [5.74, 6) is -0.772. The molecular formula is C19H33F3N2O2. The second-order valence-electron chi connectivity index (χ2n) is 7.48. The van der Waals surface area contributed by atoms with Crippen LogP contribution in [0.15, 0.2) is 17.6 Å². The molecule has 1 aliphatic rings. The van der Waals surface area contributed by atoms with E-state index in [0.717, 1.165) is 12.8 Å². The smallest absolute Gasteiger partial charge is 0.350 e. The summed E-state index contributed by atoms with van der Waals surface area (Å²) < 4.78 is 44.4. The van der Waals surface area contributed by atoms with Crippen LogP contribution in [-0.2, 0) is 4.74 Å². The van der Waals surface area contributed by atoms with Gasteiger partial charge in [0.1, 0.15) is 0 Å². The number of aliphatic hydroxyl groups excluding tert-OH is 1. The van der Waals surface area contributed by atoms with Gasteiger partial charge in [0, 0.05) is 25.4 Å². The minimum Gasteiger partial charge on any atom is -0.350 e. The van der Waals surface area contributed by atoms with E-state index in [4.69, 9.17) is 4.74 Å². The SMILES string of the molecule is C=CC(CNC1C[C@H](C)CCC[C@@H](C(F)(F)F)C1)CC(C)=NC(O)OC. The van der Waals surface area contributed by atoms with Crippen molar-refractivity contribution in [2.45, 2.75) is 71.0 Å². The van der Waals surface area contributed by atoms with E-state index in [1.807, 2.05) is 0 Å². The van der Waals surface area contributed by atoms with E-state index in [1.54, 1.807) is 13.0 Å². The van der Waals surface area contributed by atoms with E-state index < -0.39 is 18.5 Å². The number of methoxy groups -OCH3 is 1. The van der Waals surface area contributed by atoms with E-state index in [1.165, 1.54) is 7.11 Å². The predicted octanol–water partition coefficient (Wildman–Crippen LogP) is 4.30. The topological polar surface area (TPSA) is 53.9 Å². The number of nitrogens with zero attached hydrogens (tertiary/aromatic N) is 1. The lowest BCUT2D eigenvalue weighted by atomic mass is 9.83. The predicted molar refractivity (Wildman–Crippen MR) is 98.0 cm³/mol. The van der Waals surface area contributed by atoms with Gasteiger partial charge in [0.15, 0.2) is 0 Å². The van der Waals surface area contributed by atoms with Crippen molar-refractivity contribution in [3.8, 4) is 0 Å². The Hall–Kier alpha value is -0.920. The Bertz CT molecular complexity index is 455. The average Bonchev–Trinajstić information content (AvgIpc) is 2.53. The summed E-state index contributed by atoms with van der Waals surface area (Å²) in [5, 5.41) is 12.7. The molecule has 2 N–H and O–H groups in total. The summed E-state index contributed by atoms with van der Waals surface area (Å²) in [6, 6.07) is -0.152. The first-order chi connectivity index (χ1) is 12.2. The van der Waals surface area contributed by atoms with Crippen LogP contribution in [0.25, 0.3) is 0 Å². The van der Waals surface area contributed by atoms with Crippen molar-refractivity contribution < 1.29 is 23.0 Å². The summed E-state index contributed by atoms with van der Waals surface area (Å²) in [6.45, 7) is 8.25. The monoisotopic (exact) mass is 378 g/mol. The van der Waals surface area contributed by atoms with Gasteiger partial charge in [-0.1, -0.05) is 25.8 Å². The molecule has 0 aromatic heterocycles. The van der Waals surface area contributed by atoms with Crippen molar-refractivity contribution in [1.82, 2.24) is 5.32 Å². The Labute approximate surface area is 154 Å². The first-order valence-electron chi connectivity index (χ1n) is 9.32. The number of aliphatic hydroxyl groups is 1. The highest BCUT2D eigenvalue weighted by molar-refractivity contribution is 5.82. The quantitative estimate of drug-likeness (QED) is 0.376. The molecule has 0 aliphatic heterocycles. The highest BCUT2D eigenvalue weighted by Gasteiger charge is 2.41. The fourth-order valence-corrected chi connectivity index (χ4v) is 3.57. The molecule has 3 unspecified atom stereocenters. The molecule has 7 heteroatoms. The van der Waals surface area contributed by atoms with Crippen molar-refractivity contribution in [3.05, 3.63) is 12.7 Å². The first kappa shape index (κ1) is 23.1. The van der Waals surface area contributed by atoms with Gasteiger partial charge in [0.2, 0.25) is 0 Å². The molecule has 5 atom stereocenters. The second-order valence-corrected chi connectivity index (χ2v) is 7.48.